The van der Waals surface area contributed by atoms with E-state index >= 15 is 0 Å². The minimum absolute atomic E-state index is 0.365. The van der Waals surface area contributed by atoms with Crippen LogP contribution < -0.4 is 5.73 Å². The summed E-state index contributed by atoms with van der Waals surface area (Å²) < 4.78 is 1.06. The Hall–Kier alpha value is -2.07. The van der Waals surface area contributed by atoms with E-state index in [4.69, 9.17) is 5.73 Å². The number of fused-ring (bicyclic) bond motifs is 1. The second kappa shape index (κ2) is 4.74. The number of aromatic amines is 1. The maximum absolute atomic E-state index is 6.09. The van der Waals surface area contributed by atoms with Gasteiger partial charge in [0.1, 0.15) is 0 Å². The first-order chi connectivity index (χ1) is 10.2. The Balaban J connectivity index is 1.81. The van der Waals surface area contributed by atoms with Crippen molar-refractivity contribution in [1.29, 1.82) is 0 Å². The predicted octanol–water partition coefficient (Wildman–Crippen LogP) is 4.11. The molecule has 1 unspecified atom stereocenters. The van der Waals surface area contributed by atoms with Crippen molar-refractivity contribution in [2.24, 2.45) is 0 Å². The molecule has 104 valence electrons. The third kappa shape index (κ3) is 1.98. The lowest BCUT2D eigenvalue weighted by atomic mass is 9.74. The summed E-state index contributed by atoms with van der Waals surface area (Å²) >= 11 is 3.47. The van der Waals surface area contributed by atoms with Crippen molar-refractivity contribution in [3.05, 3.63) is 69.8 Å². The van der Waals surface area contributed by atoms with Gasteiger partial charge >= 0.3 is 0 Å². The summed E-state index contributed by atoms with van der Waals surface area (Å²) in [6, 6.07) is 16.7. The maximum Gasteiger partial charge on any atom is 0.153 e. The van der Waals surface area contributed by atoms with Crippen molar-refractivity contribution >= 4 is 21.7 Å². The molecule has 0 fully saturated rings. The molecule has 21 heavy (non-hydrogen) atoms. The smallest absolute Gasteiger partial charge is 0.153 e. The van der Waals surface area contributed by atoms with Crippen molar-refractivity contribution in [3.8, 4) is 11.1 Å². The van der Waals surface area contributed by atoms with Crippen LogP contribution in [0.25, 0.3) is 11.1 Å². The molecule has 3 aromatic rings. The number of hydrogen-bond acceptors (Lipinski definition) is 2. The second-order valence-corrected chi connectivity index (χ2v) is 6.28. The van der Waals surface area contributed by atoms with Crippen LogP contribution in [0.2, 0.25) is 0 Å². The van der Waals surface area contributed by atoms with Gasteiger partial charge in [0, 0.05) is 16.0 Å². The summed E-state index contributed by atoms with van der Waals surface area (Å²) in [6.45, 7) is 0. The van der Waals surface area contributed by atoms with Crippen LogP contribution in [0.3, 0.4) is 0 Å². The lowest BCUT2D eigenvalue weighted by molar-refractivity contribution is 0.683. The van der Waals surface area contributed by atoms with Crippen LogP contribution in [-0.4, -0.2) is 10.2 Å². The quantitative estimate of drug-likeness (QED) is 0.738. The fourth-order valence-electron chi connectivity index (χ4n) is 3.06. The topological polar surface area (TPSA) is 54.7 Å². The summed E-state index contributed by atoms with van der Waals surface area (Å²) in [4.78, 5) is 0. The van der Waals surface area contributed by atoms with Crippen LogP contribution in [0.4, 0.5) is 5.82 Å². The normalized spacial score (nSPS) is 16.3. The zero-order valence-electron chi connectivity index (χ0n) is 11.3. The van der Waals surface area contributed by atoms with Crippen LogP contribution in [0.15, 0.2) is 53.0 Å². The van der Waals surface area contributed by atoms with E-state index in [1.54, 1.807) is 0 Å². The van der Waals surface area contributed by atoms with E-state index in [1.807, 2.05) is 12.1 Å². The highest BCUT2D eigenvalue weighted by Gasteiger charge is 2.31. The monoisotopic (exact) mass is 339 g/mol. The molecule has 2 aromatic carbocycles. The average Bonchev–Trinajstić information content (AvgIpc) is 2.83. The molecule has 1 aliphatic rings. The number of nitrogens with one attached hydrogen (secondary N) is 1. The predicted molar refractivity (Wildman–Crippen MR) is 88.1 cm³/mol. The van der Waals surface area contributed by atoms with Crippen LogP contribution in [0.5, 0.6) is 0 Å². The number of benzene rings is 2. The van der Waals surface area contributed by atoms with Gasteiger partial charge < -0.3 is 5.73 Å². The molecule has 0 radical (unpaired) electrons. The molecule has 3 nitrogen and oxygen atoms in total. The zero-order valence-corrected chi connectivity index (χ0v) is 12.9. The third-order valence-electron chi connectivity index (χ3n) is 4.16. The van der Waals surface area contributed by atoms with E-state index in [2.05, 4.69) is 62.5 Å². The number of nitrogens with two attached hydrogens (primary N) is 1. The zero-order chi connectivity index (χ0) is 14.4. The van der Waals surface area contributed by atoms with E-state index in [1.165, 1.54) is 11.1 Å². The summed E-state index contributed by atoms with van der Waals surface area (Å²) in [5.74, 6) is 0.932. The standard InChI is InChI=1S/C17H14BrN3/c18-12-7-5-10(6-8-12)15-16(20-21-17(15)19)14-9-11-3-1-2-4-13(11)14/h1-8,14H,9H2,(H3,19,20,21). The molecule has 0 bridgehead atoms. The number of halogens is 1. The molecule has 1 aromatic heterocycles. The third-order valence-corrected chi connectivity index (χ3v) is 4.69. The molecule has 4 heteroatoms. The highest BCUT2D eigenvalue weighted by Crippen LogP contribution is 2.44. The molecule has 0 spiro atoms. The van der Waals surface area contributed by atoms with E-state index in [9.17, 15) is 0 Å². The highest BCUT2D eigenvalue weighted by atomic mass is 79.9. The van der Waals surface area contributed by atoms with E-state index in [0.29, 0.717) is 11.7 Å². The summed E-state index contributed by atoms with van der Waals surface area (Å²) in [5.41, 5.74) is 12.1. The van der Waals surface area contributed by atoms with Gasteiger partial charge in [-0.25, -0.2) is 0 Å². The Morgan fingerprint density at radius 1 is 1.10 bits per heavy atom. The first-order valence-corrected chi connectivity index (χ1v) is 7.71. The van der Waals surface area contributed by atoms with E-state index < -0.39 is 0 Å². The Labute approximate surface area is 131 Å². The summed E-state index contributed by atoms with van der Waals surface area (Å²) in [5, 5.41) is 7.38. The fraction of sp³-hybridized carbons (Fsp3) is 0.118. The SMILES string of the molecule is Nc1n[nH]c(C2Cc3ccccc32)c1-c1ccc(Br)cc1. The fourth-order valence-corrected chi connectivity index (χ4v) is 3.32. The molecule has 1 heterocycles. The second-order valence-electron chi connectivity index (χ2n) is 5.36. The van der Waals surface area contributed by atoms with E-state index in [0.717, 1.165) is 27.7 Å². The van der Waals surface area contributed by atoms with Crippen molar-refractivity contribution in [2.45, 2.75) is 12.3 Å². The van der Waals surface area contributed by atoms with Gasteiger partial charge in [-0.2, -0.15) is 5.10 Å². The molecule has 1 aliphatic carbocycles. The van der Waals surface area contributed by atoms with Crippen LogP contribution >= 0.6 is 15.9 Å². The molecule has 0 saturated heterocycles. The largest absolute Gasteiger partial charge is 0.382 e. The Kier molecular flexibility index (Phi) is 2.86. The van der Waals surface area contributed by atoms with Crippen LogP contribution in [0.1, 0.15) is 22.7 Å². The molecule has 1 atom stereocenters. The minimum atomic E-state index is 0.365. The van der Waals surface area contributed by atoms with Gasteiger partial charge in [0.15, 0.2) is 5.82 Å². The summed E-state index contributed by atoms with van der Waals surface area (Å²) in [7, 11) is 0. The van der Waals surface area contributed by atoms with Gasteiger partial charge in [-0.05, 0) is 35.2 Å². The lowest BCUT2D eigenvalue weighted by Gasteiger charge is -2.30. The molecule has 3 N–H and O–H groups in total. The number of nitrogen functional groups attached to an aromatic ring is 1. The molecule has 0 aliphatic heterocycles. The van der Waals surface area contributed by atoms with Gasteiger partial charge in [-0.15, -0.1) is 0 Å². The van der Waals surface area contributed by atoms with Crippen molar-refractivity contribution in [2.75, 3.05) is 5.73 Å². The first-order valence-electron chi connectivity index (χ1n) is 6.91. The number of rotatable bonds is 2. The maximum atomic E-state index is 6.09. The number of hydrogen-bond donors (Lipinski definition) is 2. The lowest BCUT2D eigenvalue weighted by Crippen LogP contribution is -2.19. The van der Waals surface area contributed by atoms with Crippen molar-refractivity contribution in [3.63, 3.8) is 0 Å². The Bertz CT molecular complexity index is 805. The highest BCUT2D eigenvalue weighted by molar-refractivity contribution is 9.10. The van der Waals surface area contributed by atoms with Crippen LogP contribution in [0, 0.1) is 0 Å². The first kappa shape index (κ1) is 12.7. The summed E-state index contributed by atoms with van der Waals surface area (Å²) in [6.07, 6.45) is 1.04. The van der Waals surface area contributed by atoms with Gasteiger partial charge in [-0.1, -0.05) is 52.3 Å². The minimum Gasteiger partial charge on any atom is -0.382 e. The van der Waals surface area contributed by atoms with Crippen molar-refractivity contribution < 1.29 is 0 Å². The van der Waals surface area contributed by atoms with Gasteiger partial charge in [0.2, 0.25) is 0 Å². The van der Waals surface area contributed by atoms with Gasteiger partial charge in [0.25, 0.3) is 0 Å². The van der Waals surface area contributed by atoms with Gasteiger partial charge in [-0.3, -0.25) is 5.10 Å². The molecule has 4 rings (SSSR count). The average molecular weight is 340 g/mol. The van der Waals surface area contributed by atoms with E-state index in [-0.39, 0.29) is 0 Å². The number of anilines is 1. The molecular weight excluding hydrogens is 326 g/mol. The Morgan fingerprint density at radius 2 is 1.86 bits per heavy atom. The van der Waals surface area contributed by atoms with Crippen molar-refractivity contribution in [1.82, 2.24) is 10.2 Å². The number of nitrogens with zero attached hydrogens (tertiary/aromatic N) is 1. The van der Waals surface area contributed by atoms with Gasteiger partial charge in [0.05, 0.1) is 5.69 Å². The molecule has 0 amide bonds. The Morgan fingerprint density at radius 3 is 2.62 bits per heavy atom. The molecule has 0 saturated carbocycles. The number of H-pyrrole nitrogens is 1. The molecular formula is C17H14BrN3. The van der Waals surface area contributed by atoms with Crippen LogP contribution in [-0.2, 0) is 6.42 Å². The number of aromatic nitrogens is 2.